The molecule has 1 aromatic heterocycles. The van der Waals surface area contributed by atoms with Gasteiger partial charge in [-0.3, -0.25) is 4.68 Å². The summed E-state index contributed by atoms with van der Waals surface area (Å²) < 4.78 is 8.72. The highest BCUT2D eigenvalue weighted by molar-refractivity contribution is 9.10. The predicted octanol–water partition coefficient (Wildman–Crippen LogP) is 5.20. The molecular formula is C15H17BrCl2N2O. The van der Waals surface area contributed by atoms with Crippen LogP contribution >= 0.6 is 39.1 Å². The molecule has 0 unspecified atom stereocenters. The van der Waals surface area contributed by atoms with Crippen molar-refractivity contribution >= 4 is 39.1 Å². The van der Waals surface area contributed by atoms with Crippen molar-refractivity contribution in [3.05, 3.63) is 44.6 Å². The monoisotopic (exact) mass is 390 g/mol. The number of alkyl halides is 1. The second kappa shape index (κ2) is 7.52. The van der Waals surface area contributed by atoms with Gasteiger partial charge >= 0.3 is 0 Å². The lowest BCUT2D eigenvalue weighted by Gasteiger charge is -2.10. The summed E-state index contributed by atoms with van der Waals surface area (Å²) in [5.74, 6) is 1.21. The van der Waals surface area contributed by atoms with Crippen molar-refractivity contribution in [3.63, 3.8) is 0 Å². The van der Waals surface area contributed by atoms with Gasteiger partial charge in [-0.25, -0.2) is 0 Å². The van der Waals surface area contributed by atoms with Crippen molar-refractivity contribution in [3.8, 4) is 5.75 Å². The molecule has 3 nitrogen and oxygen atoms in total. The molecule has 21 heavy (non-hydrogen) atoms. The fourth-order valence-corrected chi connectivity index (χ4v) is 3.14. The Morgan fingerprint density at radius 3 is 2.71 bits per heavy atom. The van der Waals surface area contributed by atoms with E-state index in [1.54, 1.807) is 0 Å². The number of hydrogen-bond donors (Lipinski definition) is 0. The molecule has 0 fully saturated rings. The quantitative estimate of drug-likeness (QED) is 0.632. The SMILES string of the molecule is CCc1nn(CC)c(COc2ccc(Br)c(CCl)c2)c1Cl. The van der Waals surface area contributed by atoms with E-state index in [2.05, 4.69) is 21.0 Å². The molecule has 6 heteroatoms. The van der Waals surface area contributed by atoms with Gasteiger partial charge in [-0.15, -0.1) is 11.6 Å². The summed E-state index contributed by atoms with van der Waals surface area (Å²) >= 11 is 15.7. The number of halogens is 3. The summed E-state index contributed by atoms with van der Waals surface area (Å²) in [6.45, 7) is 5.24. The highest BCUT2D eigenvalue weighted by Crippen LogP contribution is 2.26. The lowest BCUT2D eigenvalue weighted by molar-refractivity contribution is 0.292. The summed E-state index contributed by atoms with van der Waals surface area (Å²) in [4.78, 5) is 0. The number of ether oxygens (including phenoxy) is 1. The van der Waals surface area contributed by atoms with E-state index in [1.165, 1.54) is 0 Å². The van der Waals surface area contributed by atoms with Crippen LogP contribution in [0.1, 0.15) is 30.8 Å². The van der Waals surface area contributed by atoms with E-state index in [9.17, 15) is 0 Å². The van der Waals surface area contributed by atoms with E-state index in [0.717, 1.165) is 40.1 Å². The summed E-state index contributed by atoms with van der Waals surface area (Å²) in [6, 6.07) is 5.77. The zero-order valence-corrected chi connectivity index (χ0v) is 15.1. The Morgan fingerprint density at radius 1 is 1.33 bits per heavy atom. The van der Waals surface area contributed by atoms with Crippen LogP contribution in [0.3, 0.4) is 0 Å². The lowest BCUT2D eigenvalue weighted by atomic mass is 10.2. The molecule has 0 aliphatic heterocycles. The average Bonchev–Trinajstić information content (AvgIpc) is 2.82. The maximum absolute atomic E-state index is 6.37. The number of hydrogen-bond acceptors (Lipinski definition) is 2. The van der Waals surface area contributed by atoms with Crippen LogP contribution in [0.4, 0.5) is 0 Å². The molecule has 0 aliphatic rings. The molecule has 0 aliphatic carbocycles. The zero-order chi connectivity index (χ0) is 15.4. The van der Waals surface area contributed by atoms with Gasteiger partial charge < -0.3 is 4.74 Å². The first-order valence-electron chi connectivity index (χ1n) is 6.81. The number of aryl methyl sites for hydroxylation is 2. The summed E-state index contributed by atoms with van der Waals surface area (Å²) in [5.41, 5.74) is 2.82. The van der Waals surface area contributed by atoms with Gasteiger partial charge in [0.25, 0.3) is 0 Å². The van der Waals surface area contributed by atoms with E-state index >= 15 is 0 Å². The number of aromatic nitrogens is 2. The Hall–Kier alpha value is -0.710. The third-order valence-electron chi connectivity index (χ3n) is 3.23. The molecule has 0 spiro atoms. The van der Waals surface area contributed by atoms with E-state index in [-0.39, 0.29) is 0 Å². The van der Waals surface area contributed by atoms with Crippen LogP contribution in [0, 0.1) is 0 Å². The van der Waals surface area contributed by atoms with Gasteiger partial charge in [0.2, 0.25) is 0 Å². The van der Waals surface area contributed by atoms with Gasteiger partial charge in [-0.05, 0) is 37.1 Å². The minimum Gasteiger partial charge on any atom is -0.487 e. The van der Waals surface area contributed by atoms with Crippen molar-refractivity contribution in [2.24, 2.45) is 0 Å². The van der Waals surface area contributed by atoms with Crippen LogP contribution in [0.2, 0.25) is 5.02 Å². The standard InChI is InChI=1S/C15H17BrCl2N2O/c1-3-13-15(18)14(20(4-2)19-13)9-21-11-5-6-12(16)10(7-11)8-17/h5-7H,3-4,8-9H2,1-2H3. The summed E-state index contributed by atoms with van der Waals surface area (Å²) in [6.07, 6.45) is 0.813. The fraction of sp³-hybridized carbons (Fsp3) is 0.400. The van der Waals surface area contributed by atoms with Crippen LogP contribution in [0.25, 0.3) is 0 Å². The Kier molecular flexibility index (Phi) is 5.97. The number of nitrogens with zero attached hydrogens (tertiary/aromatic N) is 2. The third-order valence-corrected chi connectivity index (χ3v) is 4.73. The van der Waals surface area contributed by atoms with Gasteiger partial charge in [0.15, 0.2) is 0 Å². The molecular weight excluding hydrogens is 375 g/mol. The Balaban J connectivity index is 2.18. The van der Waals surface area contributed by atoms with Crippen LogP contribution < -0.4 is 4.74 Å². The first-order valence-corrected chi connectivity index (χ1v) is 8.52. The minimum atomic E-state index is 0.392. The molecule has 0 bridgehead atoms. The van der Waals surface area contributed by atoms with Crippen LogP contribution in [0.15, 0.2) is 22.7 Å². The molecule has 0 N–H and O–H groups in total. The summed E-state index contributed by atoms with van der Waals surface area (Å²) in [7, 11) is 0. The second-order valence-corrected chi connectivity index (χ2v) is 6.05. The fourth-order valence-electron chi connectivity index (χ4n) is 2.05. The molecule has 1 aromatic carbocycles. The summed E-state index contributed by atoms with van der Waals surface area (Å²) in [5, 5.41) is 5.19. The Bertz CT molecular complexity index is 628. The van der Waals surface area contributed by atoms with Crippen molar-refractivity contribution in [1.29, 1.82) is 0 Å². The largest absolute Gasteiger partial charge is 0.487 e. The Labute approximate surface area is 143 Å². The first-order chi connectivity index (χ1) is 10.1. The second-order valence-electron chi connectivity index (χ2n) is 4.55. The van der Waals surface area contributed by atoms with Crippen molar-refractivity contribution in [1.82, 2.24) is 9.78 Å². The van der Waals surface area contributed by atoms with Crippen LogP contribution in [-0.4, -0.2) is 9.78 Å². The van der Waals surface area contributed by atoms with Crippen LogP contribution in [-0.2, 0) is 25.5 Å². The Morgan fingerprint density at radius 2 is 2.10 bits per heavy atom. The van der Waals surface area contributed by atoms with E-state index in [0.29, 0.717) is 17.5 Å². The molecule has 0 amide bonds. The van der Waals surface area contributed by atoms with E-state index in [4.69, 9.17) is 27.9 Å². The molecule has 114 valence electrons. The van der Waals surface area contributed by atoms with E-state index < -0.39 is 0 Å². The topological polar surface area (TPSA) is 27.1 Å². The van der Waals surface area contributed by atoms with Crippen molar-refractivity contribution in [2.75, 3.05) is 0 Å². The third kappa shape index (κ3) is 3.74. The average molecular weight is 392 g/mol. The number of benzene rings is 1. The zero-order valence-electron chi connectivity index (χ0n) is 12.0. The molecule has 1 heterocycles. The van der Waals surface area contributed by atoms with Gasteiger partial charge in [0, 0.05) is 16.9 Å². The molecule has 2 rings (SSSR count). The van der Waals surface area contributed by atoms with E-state index in [1.807, 2.05) is 36.7 Å². The highest BCUT2D eigenvalue weighted by Gasteiger charge is 2.15. The molecule has 0 radical (unpaired) electrons. The highest BCUT2D eigenvalue weighted by atomic mass is 79.9. The minimum absolute atomic E-state index is 0.392. The smallest absolute Gasteiger partial charge is 0.131 e. The van der Waals surface area contributed by atoms with Crippen molar-refractivity contribution < 1.29 is 4.74 Å². The molecule has 0 saturated carbocycles. The molecule has 2 aromatic rings. The van der Waals surface area contributed by atoms with Crippen LogP contribution in [0.5, 0.6) is 5.75 Å². The maximum Gasteiger partial charge on any atom is 0.131 e. The number of rotatable bonds is 6. The first kappa shape index (κ1) is 16.7. The van der Waals surface area contributed by atoms with Gasteiger partial charge in [-0.1, -0.05) is 34.5 Å². The molecule has 0 atom stereocenters. The van der Waals surface area contributed by atoms with Crippen molar-refractivity contribution in [2.45, 2.75) is 39.3 Å². The van der Waals surface area contributed by atoms with Gasteiger partial charge in [0.1, 0.15) is 12.4 Å². The maximum atomic E-state index is 6.37. The predicted molar refractivity (Wildman–Crippen MR) is 90.3 cm³/mol. The van der Waals surface area contributed by atoms with Gasteiger partial charge in [0.05, 0.1) is 16.4 Å². The normalized spacial score (nSPS) is 10.9. The lowest BCUT2D eigenvalue weighted by Crippen LogP contribution is -2.06. The molecule has 0 saturated heterocycles. The van der Waals surface area contributed by atoms with Gasteiger partial charge in [-0.2, -0.15) is 5.10 Å².